The Morgan fingerprint density at radius 2 is 1.93 bits per heavy atom. The number of benzene rings is 1. The summed E-state index contributed by atoms with van der Waals surface area (Å²) >= 11 is 0. The molecular formula is C20H25FN4O2. The highest BCUT2D eigenvalue weighted by Crippen LogP contribution is 2.13. The molecule has 0 spiro atoms. The van der Waals surface area contributed by atoms with E-state index in [-0.39, 0.29) is 30.7 Å². The number of aryl methyl sites for hydroxylation is 2. The van der Waals surface area contributed by atoms with Crippen molar-refractivity contribution < 1.29 is 14.0 Å². The third-order valence-corrected chi connectivity index (χ3v) is 4.39. The Balaban J connectivity index is 1.92. The van der Waals surface area contributed by atoms with Gasteiger partial charge in [-0.3, -0.25) is 14.3 Å². The van der Waals surface area contributed by atoms with Crippen LogP contribution < -0.4 is 5.32 Å². The van der Waals surface area contributed by atoms with Gasteiger partial charge >= 0.3 is 0 Å². The quantitative estimate of drug-likeness (QED) is 0.759. The van der Waals surface area contributed by atoms with Crippen molar-refractivity contribution in [1.29, 1.82) is 0 Å². The lowest BCUT2D eigenvalue weighted by Crippen LogP contribution is -2.39. The number of hydrogen-bond donors (Lipinski definition) is 1. The molecule has 2 rings (SSSR count). The minimum Gasteiger partial charge on any atom is -0.350 e. The molecule has 0 bridgehead atoms. The molecule has 0 aliphatic rings. The van der Waals surface area contributed by atoms with Gasteiger partial charge in [-0.15, -0.1) is 0 Å². The molecule has 7 heteroatoms. The fourth-order valence-corrected chi connectivity index (χ4v) is 2.67. The van der Waals surface area contributed by atoms with Crippen LogP contribution in [0.2, 0.25) is 0 Å². The van der Waals surface area contributed by atoms with Gasteiger partial charge in [-0.05, 0) is 44.5 Å². The summed E-state index contributed by atoms with van der Waals surface area (Å²) in [5, 5.41) is 7.05. The molecule has 0 saturated carbocycles. The summed E-state index contributed by atoms with van der Waals surface area (Å²) < 4.78 is 14.7. The van der Waals surface area contributed by atoms with E-state index in [9.17, 15) is 14.0 Å². The highest BCUT2D eigenvalue weighted by atomic mass is 19.1. The molecule has 2 amide bonds. The molecule has 1 N–H and O–H groups in total. The van der Waals surface area contributed by atoms with Gasteiger partial charge in [0, 0.05) is 37.5 Å². The number of aromatic nitrogens is 2. The van der Waals surface area contributed by atoms with Crippen LogP contribution in [0.15, 0.2) is 30.3 Å². The topological polar surface area (TPSA) is 67.2 Å². The first kappa shape index (κ1) is 20.4. The van der Waals surface area contributed by atoms with E-state index in [2.05, 4.69) is 10.4 Å². The van der Waals surface area contributed by atoms with Gasteiger partial charge in [0.05, 0.1) is 12.2 Å². The average Bonchev–Trinajstić information content (AvgIpc) is 2.89. The zero-order valence-corrected chi connectivity index (χ0v) is 16.1. The van der Waals surface area contributed by atoms with Crippen molar-refractivity contribution in [1.82, 2.24) is 20.0 Å². The van der Waals surface area contributed by atoms with Crippen LogP contribution in [0.25, 0.3) is 6.08 Å². The molecule has 2 aromatic rings. The number of rotatable bonds is 7. The molecule has 1 aromatic carbocycles. The van der Waals surface area contributed by atoms with E-state index < -0.39 is 0 Å². The Morgan fingerprint density at radius 3 is 2.48 bits per heavy atom. The van der Waals surface area contributed by atoms with E-state index in [1.54, 1.807) is 22.9 Å². The van der Waals surface area contributed by atoms with E-state index >= 15 is 0 Å². The highest BCUT2D eigenvalue weighted by molar-refractivity contribution is 5.94. The lowest BCUT2D eigenvalue weighted by Gasteiger charge is -2.18. The normalized spacial score (nSPS) is 11.0. The van der Waals surface area contributed by atoms with E-state index in [0.717, 1.165) is 22.5 Å². The summed E-state index contributed by atoms with van der Waals surface area (Å²) in [5.74, 6) is -0.826. The van der Waals surface area contributed by atoms with E-state index in [4.69, 9.17) is 0 Å². The Morgan fingerprint density at radius 1 is 1.26 bits per heavy atom. The van der Waals surface area contributed by atoms with Crippen molar-refractivity contribution >= 4 is 17.9 Å². The van der Waals surface area contributed by atoms with Crippen LogP contribution in [-0.2, 0) is 23.2 Å². The number of nitrogens with one attached hydrogen (secondary N) is 1. The fourth-order valence-electron chi connectivity index (χ4n) is 2.67. The lowest BCUT2D eigenvalue weighted by atomic mass is 10.2. The minimum absolute atomic E-state index is 0.0358. The maximum atomic E-state index is 12.9. The third kappa shape index (κ3) is 5.51. The largest absolute Gasteiger partial charge is 0.350 e. The maximum absolute atomic E-state index is 12.9. The van der Waals surface area contributed by atoms with Crippen LogP contribution >= 0.6 is 0 Å². The van der Waals surface area contributed by atoms with E-state index in [0.29, 0.717) is 6.54 Å². The zero-order chi connectivity index (χ0) is 20.0. The molecule has 0 aliphatic heterocycles. The Kier molecular flexibility index (Phi) is 6.87. The van der Waals surface area contributed by atoms with E-state index in [1.165, 1.54) is 23.1 Å². The molecule has 0 unspecified atom stereocenters. The monoisotopic (exact) mass is 372 g/mol. The summed E-state index contributed by atoms with van der Waals surface area (Å²) in [6.45, 7) is 6.31. The fraction of sp³-hybridized carbons (Fsp3) is 0.350. The first-order valence-corrected chi connectivity index (χ1v) is 8.80. The molecule has 0 aliphatic carbocycles. The van der Waals surface area contributed by atoms with Crippen molar-refractivity contribution in [3.63, 3.8) is 0 Å². The number of carbonyl (C=O) groups is 2. The van der Waals surface area contributed by atoms with Crippen molar-refractivity contribution in [3.8, 4) is 0 Å². The first-order valence-electron chi connectivity index (χ1n) is 8.80. The lowest BCUT2D eigenvalue weighted by molar-refractivity contribution is -0.132. The summed E-state index contributed by atoms with van der Waals surface area (Å²) in [4.78, 5) is 26.0. The number of likely N-dealkylation sites (N-methyl/N-ethyl adjacent to an activating group) is 1. The number of nitrogens with zero attached hydrogens (tertiary/aromatic N) is 3. The van der Waals surface area contributed by atoms with E-state index in [1.807, 2.05) is 27.8 Å². The second kappa shape index (κ2) is 9.12. The number of halogens is 1. The predicted octanol–water partition coefficient (Wildman–Crippen LogP) is 2.35. The Labute approximate surface area is 158 Å². The van der Waals surface area contributed by atoms with Gasteiger partial charge < -0.3 is 10.2 Å². The van der Waals surface area contributed by atoms with Crippen LogP contribution in [0.5, 0.6) is 0 Å². The van der Waals surface area contributed by atoms with Crippen LogP contribution in [0.4, 0.5) is 4.39 Å². The van der Waals surface area contributed by atoms with Gasteiger partial charge in [-0.2, -0.15) is 5.10 Å². The summed E-state index contributed by atoms with van der Waals surface area (Å²) in [5.41, 5.74) is 3.51. The van der Waals surface area contributed by atoms with Gasteiger partial charge in [-0.25, -0.2) is 4.39 Å². The van der Waals surface area contributed by atoms with Crippen molar-refractivity contribution in [2.75, 3.05) is 13.1 Å². The zero-order valence-electron chi connectivity index (χ0n) is 16.1. The maximum Gasteiger partial charge on any atom is 0.247 e. The SMILES string of the molecule is CCN(CC(=O)NCc1ccc(F)cc1)C(=O)C=Cc1c(C)nn(C)c1C. The standard InChI is InChI=1S/C20H25FN4O2/c1-5-25(13-19(26)22-12-16-6-8-17(21)9-7-16)20(27)11-10-18-14(2)23-24(4)15(18)3/h6-11H,5,12-13H2,1-4H3,(H,22,26). The molecule has 6 nitrogen and oxygen atoms in total. The summed E-state index contributed by atoms with van der Waals surface area (Å²) in [6, 6.07) is 5.91. The molecule has 0 atom stereocenters. The average molecular weight is 372 g/mol. The molecule has 27 heavy (non-hydrogen) atoms. The predicted molar refractivity (Wildman–Crippen MR) is 102 cm³/mol. The molecule has 144 valence electrons. The molecule has 1 aromatic heterocycles. The van der Waals surface area contributed by atoms with Crippen molar-refractivity contribution in [2.45, 2.75) is 27.3 Å². The highest BCUT2D eigenvalue weighted by Gasteiger charge is 2.14. The van der Waals surface area contributed by atoms with Gasteiger partial charge in [0.15, 0.2) is 0 Å². The van der Waals surface area contributed by atoms with Crippen LogP contribution in [0, 0.1) is 19.7 Å². The van der Waals surface area contributed by atoms with Crippen LogP contribution in [0.3, 0.4) is 0 Å². The summed E-state index contributed by atoms with van der Waals surface area (Å²) in [7, 11) is 1.85. The van der Waals surface area contributed by atoms with Crippen molar-refractivity contribution in [2.24, 2.45) is 7.05 Å². The number of hydrogen-bond acceptors (Lipinski definition) is 3. The van der Waals surface area contributed by atoms with Gasteiger partial charge in [-0.1, -0.05) is 12.1 Å². The smallest absolute Gasteiger partial charge is 0.247 e. The number of amides is 2. The van der Waals surface area contributed by atoms with Gasteiger partial charge in [0.1, 0.15) is 5.82 Å². The minimum atomic E-state index is -0.321. The molecular weight excluding hydrogens is 347 g/mol. The Hall–Kier alpha value is -2.96. The second-order valence-corrected chi connectivity index (χ2v) is 6.30. The van der Waals surface area contributed by atoms with Crippen LogP contribution in [0.1, 0.15) is 29.4 Å². The second-order valence-electron chi connectivity index (χ2n) is 6.30. The van der Waals surface area contributed by atoms with Gasteiger partial charge in [0.25, 0.3) is 0 Å². The molecule has 0 radical (unpaired) electrons. The Bertz CT molecular complexity index is 840. The van der Waals surface area contributed by atoms with Crippen molar-refractivity contribution in [3.05, 3.63) is 58.7 Å². The number of carbonyl (C=O) groups excluding carboxylic acids is 2. The summed E-state index contributed by atoms with van der Waals surface area (Å²) in [6.07, 6.45) is 3.20. The molecule has 1 heterocycles. The third-order valence-electron chi connectivity index (χ3n) is 4.39. The first-order chi connectivity index (χ1) is 12.8. The van der Waals surface area contributed by atoms with Crippen LogP contribution in [-0.4, -0.2) is 39.6 Å². The molecule has 0 saturated heterocycles. The molecule has 0 fully saturated rings. The van der Waals surface area contributed by atoms with Gasteiger partial charge in [0.2, 0.25) is 11.8 Å².